The van der Waals surface area contributed by atoms with E-state index in [1.54, 1.807) is 0 Å². The zero-order chi connectivity index (χ0) is 15.9. The predicted molar refractivity (Wildman–Crippen MR) is 73.8 cm³/mol. The lowest BCUT2D eigenvalue weighted by Gasteiger charge is -2.26. The number of carbonyl (C=O) groups is 4. The van der Waals surface area contributed by atoms with Crippen LogP contribution in [0.4, 0.5) is 4.39 Å². The maximum absolute atomic E-state index is 13.3. The number of fused-ring (bicyclic) bond motifs is 1. The summed E-state index contributed by atoms with van der Waals surface area (Å²) in [6.45, 7) is 0. The first-order valence-corrected chi connectivity index (χ1v) is 7.21. The largest absolute Gasteiger partial charge is 0.300 e. The highest BCUT2D eigenvalue weighted by Gasteiger charge is 2.42. The van der Waals surface area contributed by atoms with E-state index >= 15 is 0 Å². The fraction of sp³-hybridized carbons (Fsp3) is 0.375. The molecule has 0 aromatic heterocycles. The van der Waals surface area contributed by atoms with Crippen molar-refractivity contribution in [2.45, 2.75) is 38.1 Å². The van der Waals surface area contributed by atoms with Gasteiger partial charge >= 0.3 is 0 Å². The van der Waals surface area contributed by atoms with E-state index in [0.717, 1.165) is 17.0 Å². The molecule has 1 atom stereocenters. The van der Waals surface area contributed by atoms with Crippen LogP contribution in [0.2, 0.25) is 0 Å². The number of rotatable bonds is 1. The van der Waals surface area contributed by atoms with E-state index < -0.39 is 23.7 Å². The van der Waals surface area contributed by atoms with Gasteiger partial charge in [0.1, 0.15) is 11.6 Å². The Hall–Kier alpha value is -2.37. The normalized spacial score (nSPS) is 22.6. The Morgan fingerprint density at radius 1 is 0.955 bits per heavy atom. The Balaban J connectivity index is 1.94. The van der Waals surface area contributed by atoms with E-state index in [-0.39, 0.29) is 42.0 Å². The molecule has 0 spiro atoms. The van der Waals surface area contributed by atoms with E-state index in [1.165, 1.54) is 6.07 Å². The summed E-state index contributed by atoms with van der Waals surface area (Å²) < 4.78 is 13.3. The van der Waals surface area contributed by atoms with Gasteiger partial charge in [-0.05, 0) is 31.0 Å². The molecule has 22 heavy (non-hydrogen) atoms. The van der Waals surface area contributed by atoms with Gasteiger partial charge in [-0.15, -0.1) is 0 Å². The summed E-state index contributed by atoms with van der Waals surface area (Å²) in [5.41, 5.74) is 0.0822. The van der Waals surface area contributed by atoms with Gasteiger partial charge in [-0.2, -0.15) is 0 Å². The minimum atomic E-state index is -0.931. The van der Waals surface area contributed by atoms with Crippen LogP contribution in [0.3, 0.4) is 0 Å². The zero-order valence-corrected chi connectivity index (χ0v) is 11.8. The number of amides is 2. The van der Waals surface area contributed by atoms with Crippen LogP contribution < -0.4 is 0 Å². The van der Waals surface area contributed by atoms with Gasteiger partial charge in [-0.25, -0.2) is 4.39 Å². The Labute approximate surface area is 126 Å². The molecular weight excluding hydrogens is 289 g/mol. The SMILES string of the molecule is O=C1CCCC(=O)C(N2C(=O)c3ccc(F)cc3C2=O)CC1. The molecule has 114 valence electrons. The molecule has 3 rings (SSSR count). The molecule has 1 aliphatic carbocycles. The van der Waals surface area contributed by atoms with Gasteiger partial charge in [0.2, 0.25) is 0 Å². The Kier molecular flexibility index (Phi) is 3.60. The van der Waals surface area contributed by atoms with Crippen LogP contribution in [0.1, 0.15) is 52.8 Å². The molecule has 6 heteroatoms. The molecule has 1 saturated carbocycles. The third-order valence-electron chi connectivity index (χ3n) is 4.14. The second-order valence-corrected chi connectivity index (χ2v) is 5.58. The first kappa shape index (κ1) is 14.6. The van der Waals surface area contributed by atoms with Crippen molar-refractivity contribution in [1.82, 2.24) is 4.90 Å². The number of carbonyl (C=O) groups excluding carboxylic acids is 4. The molecule has 1 fully saturated rings. The van der Waals surface area contributed by atoms with Crippen molar-refractivity contribution < 1.29 is 23.6 Å². The molecule has 1 heterocycles. The lowest BCUT2D eigenvalue weighted by atomic mass is 9.94. The second kappa shape index (κ2) is 5.44. The molecule has 0 bridgehead atoms. The van der Waals surface area contributed by atoms with Crippen LogP contribution in [0.25, 0.3) is 0 Å². The van der Waals surface area contributed by atoms with Crippen molar-refractivity contribution in [2.24, 2.45) is 0 Å². The van der Waals surface area contributed by atoms with E-state index in [1.807, 2.05) is 0 Å². The summed E-state index contributed by atoms with van der Waals surface area (Å²) in [5.74, 6) is -2.05. The number of Topliss-reactive ketones (excluding diaryl/α,β-unsaturated/α-hetero) is 2. The maximum atomic E-state index is 13.3. The van der Waals surface area contributed by atoms with Crippen molar-refractivity contribution in [3.8, 4) is 0 Å². The molecule has 1 unspecified atom stereocenters. The van der Waals surface area contributed by atoms with Crippen LogP contribution in [-0.2, 0) is 9.59 Å². The molecule has 1 aliphatic heterocycles. The predicted octanol–water partition coefficient (Wildman–Crippen LogP) is 1.89. The van der Waals surface area contributed by atoms with Gasteiger partial charge in [0.05, 0.1) is 17.2 Å². The van der Waals surface area contributed by atoms with Crippen LogP contribution >= 0.6 is 0 Å². The topological polar surface area (TPSA) is 71.5 Å². The van der Waals surface area contributed by atoms with Gasteiger partial charge in [-0.1, -0.05) is 0 Å². The molecule has 0 saturated heterocycles. The van der Waals surface area contributed by atoms with E-state index in [0.29, 0.717) is 12.8 Å². The number of benzene rings is 1. The van der Waals surface area contributed by atoms with Gasteiger partial charge in [0.25, 0.3) is 11.8 Å². The summed E-state index contributed by atoms with van der Waals surface area (Å²) >= 11 is 0. The molecule has 2 amide bonds. The minimum Gasteiger partial charge on any atom is -0.300 e. The molecule has 2 aliphatic rings. The summed E-state index contributed by atoms with van der Waals surface area (Å²) in [5, 5.41) is 0. The standard InChI is InChI=1S/C16H14FNO4/c17-9-4-6-11-12(8-9)16(22)18(15(11)21)13-7-5-10(19)2-1-3-14(13)20/h4,6,8,13H,1-3,5,7H2. The van der Waals surface area contributed by atoms with Gasteiger partial charge in [0, 0.05) is 19.3 Å². The van der Waals surface area contributed by atoms with Gasteiger partial charge < -0.3 is 0 Å². The number of halogens is 1. The summed E-state index contributed by atoms with van der Waals surface area (Å²) in [4.78, 5) is 49.5. The Morgan fingerprint density at radius 3 is 2.45 bits per heavy atom. The molecular formula is C16H14FNO4. The first-order chi connectivity index (χ1) is 10.5. The fourth-order valence-corrected chi connectivity index (χ4v) is 3.00. The fourth-order valence-electron chi connectivity index (χ4n) is 3.00. The highest BCUT2D eigenvalue weighted by atomic mass is 19.1. The molecule has 1 aromatic rings. The molecule has 5 nitrogen and oxygen atoms in total. The van der Waals surface area contributed by atoms with Crippen molar-refractivity contribution in [2.75, 3.05) is 0 Å². The monoisotopic (exact) mass is 303 g/mol. The van der Waals surface area contributed by atoms with Gasteiger partial charge in [-0.3, -0.25) is 24.1 Å². The quantitative estimate of drug-likeness (QED) is 0.743. The van der Waals surface area contributed by atoms with Crippen LogP contribution in [0.5, 0.6) is 0 Å². The van der Waals surface area contributed by atoms with Crippen LogP contribution in [0, 0.1) is 5.82 Å². The Morgan fingerprint density at radius 2 is 1.68 bits per heavy atom. The van der Waals surface area contributed by atoms with Crippen LogP contribution in [0.15, 0.2) is 18.2 Å². The second-order valence-electron chi connectivity index (χ2n) is 5.58. The number of imide groups is 1. The number of ketones is 2. The van der Waals surface area contributed by atoms with Crippen molar-refractivity contribution >= 4 is 23.4 Å². The average molecular weight is 303 g/mol. The molecule has 0 N–H and O–H groups in total. The van der Waals surface area contributed by atoms with Gasteiger partial charge in [0.15, 0.2) is 5.78 Å². The maximum Gasteiger partial charge on any atom is 0.262 e. The number of hydrogen-bond donors (Lipinski definition) is 0. The van der Waals surface area contributed by atoms with E-state index in [9.17, 15) is 23.6 Å². The molecule has 1 aromatic carbocycles. The van der Waals surface area contributed by atoms with E-state index in [2.05, 4.69) is 0 Å². The lowest BCUT2D eigenvalue weighted by Crippen LogP contribution is -2.45. The summed E-state index contributed by atoms with van der Waals surface area (Å²) in [6.07, 6.45) is 1.26. The minimum absolute atomic E-state index is 0.0221. The summed E-state index contributed by atoms with van der Waals surface area (Å²) in [6, 6.07) is 2.44. The van der Waals surface area contributed by atoms with E-state index in [4.69, 9.17) is 0 Å². The summed E-state index contributed by atoms with van der Waals surface area (Å²) in [7, 11) is 0. The van der Waals surface area contributed by atoms with Crippen molar-refractivity contribution in [3.63, 3.8) is 0 Å². The number of nitrogens with zero attached hydrogens (tertiary/aromatic N) is 1. The Bertz CT molecular complexity index is 697. The third-order valence-corrected chi connectivity index (χ3v) is 4.14. The number of hydrogen-bond acceptors (Lipinski definition) is 4. The van der Waals surface area contributed by atoms with Crippen molar-refractivity contribution in [1.29, 1.82) is 0 Å². The smallest absolute Gasteiger partial charge is 0.262 e. The van der Waals surface area contributed by atoms with Crippen molar-refractivity contribution in [3.05, 3.63) is 35.1 Å². The zero-order valence-electron chi connectivity index (χ0n) is 11.8. The van der Waals surface area contributed by atoms with Crippen LogP contribution in [-0.4, -0.2) is 34.3 Å². The highest BCUT2D eigenvalue weighted by Crippen LogP contribution is 2.28. The molecule has 0 radical (unpaired) electrons. The third kappa shape index (κ3) is 2.34. The first-order valence-electron chi connectivity index (χ1n) is 7.21. The average Bonchev–Trinajstić information content (AvgIpc) is 2.70. The highest BCUT2D eigenvalue weighted by molar-refractivity contribution is 6.23. The lowest BCUT2D eigenvalue weighted by molar-refractivity contribution is -0.125.